The number of nitrogens with zero attached hydrogens (tertiary/aromatic N) is 1. The molecular formula is C23H49N+. The van der Waals surface area contributed by atoms with Gasteiger partial charge in [-0.1, -0.05) is 79.1 Å². The highest BCUT2D eigenvalue weighted by atomic mass is 15.3. The smallest absolute Gasteiger partial charge is 0.141 e. The lowest BCUT2D eigenvalue weighted by Gasteiger charge is -2.34. The number of unbranched alkanes of at least 4 members (excludes halogenated alkanes) is 10. The topological polar surface area (TPSA) is 0 Å². The zero-order valence-electron chi connectivity index (χ0n) is 17.9. The molecular weight excluding hydrogens is 290 g/mol. The highest BCUT2D eigenvalue weighted by Gasteiger charge is 2.21. The molecule has 0 amide bonds. The Balaban J connectivity index is 4.03. The molecule has 0 atom stereocenters. The van der Waals surface area contributed by atoms with Gasteiger partial charge in [0.05, 0.1) is 20.1 Å². The van der Waals surface area contributed by atoms with Gasteiger partial charge in [0, 0.05) is 6.42 Å². The van der Waals surface area contributed by atoms with Crippen LogP contribution in [0.25, 0.3) is 0 Å². The lowest BCUT2D eigenvalue weighted by molar-refractivity contribution is -0.882. The molecule has 145 valence electrons. The van der Waals surface area contributed by atoms with Crippen LogP contribution in [-0.4, -0.2) is 24.6 Å². The van der Waals surface area contributed by atoms with Gasteiger partial charge < -0.3 is 4.48 Å². The second-order valence-electron chi connectivity index (χ2n) is 8.62. The zero-order valence-corrected chi connectivity index (χ0v) is 17.9. The maximum atomic E-state index is 2.64. The van der Waals surface area contributed by atoms with Crippen molar-refractivity contribution in [2.75, 3.05) is 20.1 Å². The Kier molecular flexibility index (Phi) is 16.4. The van der Waals surface area contributed by atoms with Crippen molar-refractivity contribution in [2.24, 2.45) is 5.92 Å². The highest BCUT2D eigenvalue weighted by molar-refractivity contribution is 4.59. The first-order chi connectivity index (χ1) is 11.5. The second kappa shape index (κ2) is 16.4. The van der Waals surface area contributed by atoms with E-state index in [2.05, 4.69) is 41.3 Å². The molecule has 0 unspecified atom stereocenters. The molecule has 1 radical (unpaired) electrons. The van der Waals surface area contributed by atoms with E-state index in [4.69, 9.17) is 0 Å². The quantitative estimate of drug-likeness (QED) is 0.177. The number of rotatable bonds is 18. The summed E-state index contributed by atoms with van der Waals surface area (Å²) < 4.78 is 1.22. The number of hydrogen-bond donors (Lipinski definition) is 0. The summed E-state index contributed by atoms with van der Waals surface area (Å²) >= 11 is 0. The minimum atomic E-state index is 0.831. The Labute approximate surface area is 155 Å². The van der Waals surface area contributed by atoms with Gasteiger partial charge in [-0.05, 0) is 38.0 Å². The standard InChI is InChI=1S/C23H49N/c1-6-8-10-12-14-16-20-24(5,22-18-19-23(3)4)21-17-15-13-11-9-7-2/h22-23H,6-21H2,1-5H3/q+1. The third-order valence-electron chi connectivity index (χ3n) is 5.36. The first kappa shape index (κ1) is 24.0. The molecule has 0 aliphatic heterocycles. The maximum Gasteiger partial charge on any atom is 0.141 e. The second-order valence-corrected chi connectivity index (χ2v) is 8.62. The van der Waals surface area contributed by atoms with Crippen molar-refractivity contribution in [1.82, 2.24) is 0 Å². The van der Waals surface area contributed by atoms with E-state index in [1.54, 1.807) is 0 Å². The maximum absolute atomic E-state index is 2.64. The van der Waals surface area contributed by atoms with Gasteiger partial charge in [-0.3, -0.25) is 0 Å². The summed E-state index contributed by atoms with van der Waals surface area (Å²) in [7, 11) is 2.48. The molecule has 1 heteroatoms. The number of quaternary nitrogens is 1. The third kappa shape index (κ3) is 15.5. The van der Waals surface area contributed by atoms with Crippen molar-refractivity contribution in [3.63, 3.8) is 0 Å². The molecule has 0 fully saturated rings. The predicted octanol–water partition coefficient (Wildman–Crippen LogP) is 7.75. The van der Waals surface area contributed by atoms with E-state index in [1.807, 2.05) is 0 Å². The van der Waals surface area contributed by atoms with Crippen molar-refractivity contribution in [3.05, 3.63) is 6.54 Å². The van der Waals surface area contributed by atoms with Crippen LogP contribution in [0.5, 0.6) is 0 Å². The first-order valence-corrected chi connectivity index (χ1v) is 11.2. The van der Waals surface area contributed by atoms with Gasteiger partial charge >= 0.3 is 0 Å². The van der Waals surface area contributed by atoms with Crippen LogP contribution in [0.3, 0.4) is 0 Å². The molecule has 24 heavy (non-hydrogen) atoms. The molecule has 0 aromatic rings. The average molecular weight is 340 g/mol. The van der Waals surface area contributed by atoms with Crippen molar-refractivity contribution in [2.45, 2.75) is 118 Å². The van der Waals surface area contributed by atoms with Crippen LogP contribution < -0.4 is 0 Å². The summed E-state index contributed by atoms with van der Waals surface area (Å²) in [6, 6.07) is 0. The van der Waals surface area contributed by atoms with Crippen LogP contribution in [0.1, 0.15) is 118 Å². The van der Waals surface area contributed by atoms with Crippen molar-refractivity contribution >= 4 is 0 Å². The minimum Gasteiger partial charge on any atom is -0.319 e. The molecule has 0 saturated heterocycles. The Morgan fingerprint density at radius 2 is 1.08 bits per heavy atom. The Morgan fingerprint density at radius 1 is 0.667 bits per heavy atom. The van der Waals surface area contributed by atoms with E-state index in [-0.39, 0.29) is 0 Å². The highest BCUT2D eigenvalue weighted by Crippen LogP contribution is 2.19. The van der Waals surface area contributed by atoms with E-state index in [9.17, 15) is 0 Å². The summed E-state index contributed by atoms with van der Waals surface area (Å²) in [4.78, 5) is 0. The molecule has 0 rings (SSSR count). The molecule has 1 nitrogen and oxygen atoms in total. The van der Waals surface area contributed by atoms with E-state index in [0.29, 0.717) is 0 Å². The van der Waals surface area contributed by atoms with E-state index in [0.717, 1.165) is 5.92 Å². The molecule has 0 saturated carbocycles. The monoisotopic (exact) mass is 339 g/mol. The summed E-state index contributed by atoms with van der Waals surface area (Å²) in [5.41, 5.74) is 0. The summed E-state index contributed by atoms with van der Waals surface area (Å²) in [5.74, 6) is 0.831. The van der Waals surface area contributed by atoms with Crippen molar-refractivity contribution in [1.29, 1.82) is 0 Å². The van der Waals surface area contributed by atoms with Gasteiger partial charge in [0.2, 0.25) is 0 Å². The summed E-state index contributed by atoms with van der Waals surface area (Å²) in [5, 5.41) is 0. The SMILES string of the molecule is CCCCCCCC[N+](C)([CH]CCC(C)C)CCCCCCCC. The molecule has 0 aromatic carbocycles. The lowest BCUT2D eigenvalue weighted by atomic mass is 10.1. The fraction of sp³-hybridized carbons (Fsp3) is 0.957. The molecule has 0 N–H and O–H groups in total. The minimum absolute atomic E-state index is 0.831. The van der Waals surface area contributed by atoms with Crippen LogP contribution >= 0.6 is 0 Å². The average Bonchev–Trinajstić information content (AvgIpc) is 2.54. The van der Waals surface area contributed by atoms with Crippen LogP contribution in [0.4, 0.5) is 0 Å². The van der Waals surface area contributed by atoms with Crippen LogP contribution in [0, 0.1) is 12.5 Å². The summed E-state index contributed by atoms with van der Waals surface area (Å²) in [6.45, 7) is 14.7. The Morgan fingerprint density at radius 3 is 1.50 bits per heavy atom. The fourth-order valence-corrected chi connectivity index (χ4v) is 3.52. The first-order valence-electron chi connectivity index (χ1n) is 11.2. The van der Waals surface area contributed by atoms with Gasteiger partial charge in [-0.15, -0.1) is 0 Å². The van der Waals surface area contributed by atoms with Gasteiger partial charge in [0.25, 0.3) is 0 Å². The Hall–Kier alpha value is -0.0400. The lowest BCUT2D eigenvalue weighted by Crippen LogP contribution is -2.43. The molecule has 0 aliphatic rings. The van der Waals surface area contributed by atoms with E-state index in [1.165, 1.54) is 107 Å². The number of hydrogen-bond acceptors (Lipinski definition) is 0. The zero-order chi connectivity index (χ0) is 18.1. The molecule has 0 bridgehead atoms. The summed E-state index contributed by atoms with van der Waals surface area (Å²) in [6.07, 6.45) is 19.6. The van der Waals surface area contributed by atoms with Gasteiger partial charge in [0.1, 0.15) is 6.54 Å². The van der Waals surface area contributed by atoms with Crippen molar-refractivity contribution < 1.29 is 4.48 Å². The Bertz CT molecular complexity index is 230. The molecule has 0 aromatic heterocycles. The predicted molar refractivity (Wildman–Crippen MR) is 111 cm³/mol. The van der Waals surface area contributed by atoms with Crippen LogP contribution in [0.2, 0.25) is 0 Å². The van der Waals surface area contributed by atoms with Gasteiger partial charge in [0.15, 0.2) is 0 Å². The van der Waals surface area contributed by atoms with E-state index < -0.39 is 0 Å². The van der Waals surface area contributed by atoms with Gasteiger partial charge in [-0.2, -0.15) is 0 Å². The van der Waals surface area contributed by atoms with E-state index >= 15 is 0 Å². The van der Waals surface area contributed by atoms with Crippen LogP contribution in [0.15, 0.2) is 0 Å². The molecule has 0 aliphatic carbocycles. The largest absolute Gasteiger partial charge is 0.319 e. The van der Waals surface area contributed by atoms with Crippen LogP contribution in [-0.2, 0) is 0 Å². The molecule has 0 spiro atoms. The third-order valence-corrected chi connectivity index (χ3v) is 5.36. The van der Waals surface area contributed by atoms with Crippen molar-refractivity contribution in [3.8, 4) is 0 Å². The normalized spacial score (nSPS) is 12.2. The fourth-order valence-electron chi connectivity index (χ4n) is 3.52. The van der Waals surface area contributed by atoms with Gasteiger partial charge in [-0.25, -0.2) is 0 Å². The molecule has 0 heterocycles.